The van der Waals surface area contributed by atoms with E-state index in [-0.39, 0.29) is 12.1 Å². The first-order chi connectivity index (χ1) is 9.04. The van der Waals surface area contributed by atoms with Crippen molar-refractivity contribution in [2.75, 3.05) is 24.3 Å². The Labute approximate surface area is 115 Å². The molecule has 0 radical (unpaired) electrons. The van der Waals surface area contributed by atoms with Gasteiger partial charge < -0.3 is 20.9 Å². The molecule has 0 amide bonds. The third-order valence-corrected chi connectivity index (χ3v) is 3.21. The summed E-state index contributed by atoms with van der Waals surface area (Å²) in [7, 11) is 0. The number of hydrogen-bond acceptors (Lipinski definition) is 5. The Balaban J connectivity index is 2.83. The third kappa shape index (κ3) is 4.59. The van der Waals surface area contributed by atoms with Gasteiger partial charge in [0.1, 0.15) is 5.82 Å². The summed E-state index contributed by atoms with van der Waals surface area (Å²) in [5.41, 5.74) is 6.19. The van der Waals surface area contributed by atoms with Crippen LogP contribution < -0.4 is 15.8 Å². The largest absolute Gasteiger partial charge is 0.476 e. The van der Waals surface area contributed by atoms with Gasteiger partial charge >= 0.3 is 0 Å². The maximum atomic E-state index is 9.12. The van der Waals surface area contributed by atoms with Crippen LogP contribution in [0.25, 0.3) is 0 Å². The average molecular weight is 267 g/mol. The Morgan fingerprint density at radius 3 is 2.74 bits per heavy atom. The zero-order chi connectivity index (χ0) is 14.3. The Morgan fingerprint density at radius 2 is 2.16 bits per heavy atom. The van der Waals surface area contributed by atoms with Crippen molar-refractivity contribution in [3.8, 4) is 5.88 Å². The van der Waals surface area contributed by atoms with Crippen molar-refractivity contribution in [3.63, 3.8) is 0 Å². The normalized spacial score (nSPS) is 13.9. The van der Waals surface area contributed by atoms with Gasteiger partial charge in [0.25, 0.3) is 0 Å². The van der Waals surface area contributed by atoms with Crippen LogP contribution in [0, 0.1) is 0 Å². The van der Waals surface area contributed by atoms with Gasteiger partial charge in [-0.05, 0) is 38.3 Å². The maximum absolute atomic E-state index is 9.12. The first-order valence-corrected chi connectivity index (χ1v) is 6.83. The molecule has 0 saturated heterocycles. The molecule has 108 valence electrons. The summed E-state index contributed by atoms with van der Waals surface area (Å²) in [4.78, 5) is 4.39. The van der Waals surface area contributed by atoms with Crippen LogP contribution in [0.2, 0.25) is 0 Å². The molecule has 0 aliphatic carbocycles. The zero-order valence-electron chi connectivity index (χ0n) is 12.1. The lowest BCUT2D eigenvalue weighted by molar-refractivity contribution is 0.251. The molecule has 0 aliphatic heterocycles. The molecule has 1 heterocycles. The number of hydrogen-bond donors (Lipinski definition) is 3. The monoisotopic (exact) mass is 267 g/mol. The van der Waals surface area contributed by atoms with Crippen LogP contribution in [0.5, 0.6) is 5.88 Å². The quantitative estimate of drug-likeness (QED) is 0.674. The highest BCUT2D eigenvalue weighted by atomic mass is 16.5. The molecule has 1 aromatic heterocycles. The number of pyridine rings is 1. The fourth-order valence-electron chi connectivity index (χ4n) is 1.72. The minimum Gasteiger partial charge on any atom is -0.476 e. The molecule has 5 nitrogen and oxygen atoms in total. The van der Waals surface area contributed by atoms with Gasteiger partial charge in [-0.1, -0.05) is 13.8 Å². The highest BCUT2D eigenvalue weighted by Crippen LogP contribution is 2.25. The van der Waals surface area contributed by atoms with Crippen molar-refractivity contribution >= 4 is 11.5 Å². The summed E-state index contributed by atoms with van der Waals surface area (Å²) in [5, 5.41) is 12.5. The second-order valence-electron chi connectivity index (χ2n) is 4.95. The van der Waals surface area contributed by atoms with Gasteiger partial charge in [-0.15, -0.1) is 0 Å². The standard InChI is InChI=1S/C14H25N3O2/c1-4-10-19-13-11(15)6-7-12(16-13)17-14(3,5-2)8-9-18/h6-7,18H,4-5,8-10,15H2,1-3H3,(H,16,17). The van der Waals surface area contributed by atoms with E-state index in [4.69, 9.17) is 15.6 Å². The number of nitrogens with zero attached hydrogens (tertiary/aromatic N) is 1. The highest BCUT2D eigenvalue weighted by Gasteiger charge is 2.21. The lowest BCUT2D eigenvalue weighted by Gasteiger charge is -2.29. The van der Waals surface area contributed by atoms with E-state index in [9.17, 15) is 0 Å². The number of nitrogen functional groups attached to an aromatic ring is 1. The Kier molecular flexibility index (Phi) is 5.89. The Hall–Kier alpha value is -1.49. The van der Waals surface area contributed by atoms with Crippen molar-refractivity contribution in [2.45, 2.75) is 45.6 Å². The fourth-order valence-corrected chi connectivity index (χ4v) is 1.72. The lowest BCUT2D eigenvalue weighted by atomic mass is 9.95. The molecule has 0 aliphatic rings. The number of nitrogens with one attached hydrogen (secondary N) is 1. The summed E-state index contributed by atoms with van der Waals surface area (Å²) >= 11 is 0. The van der Waals surface area contributed by atoms with Crippen LogP contribution in [-0.2, 0) is 0 Å². The first kappa shape index (κ1) is 15.6. The van der Waals surface area contributed by atoms with E-state index in [2.05, 4.69) is 24.1 Å². The van der Waals surface area contributed by atoms with Gasteiger partial charge in [0.15, 0.2) is 0 Å². The molecule has 1 aromatic rings. The van der Waals surface area contributed by atoms with Crippen LogP contribution in [0.1, 0.15) is 40.0 Å². The predicted molar refractivity (Wildman–Crippen MR) is 78.5 cm³/mol. The van der Waals surface area contributed by atoms with Gasteiger partial charge in [-0.2, -0.15) is 4.98 Å². The molecular formula is C14H25N3O2. The number of anilines is 2. The van der Waals surface area contributed by atoms with E-state index in [0.717, 1.165) is 18.7 Å². The second kappa shape index (κ2) is 7.19. The smallest absolute Gasteiger partial charge is 0.239 e. The van der Waals surface area contributed by atoms with Crippen LogP contribution >= 0.6 is 0 Å². The van der Waals surface area contributed by atoms with Crippen molar-refractivity contribution in [2.24, 2.45) is 0 Å². The Bertz CT molecular complexity index is 398. The molecule has 0 spiro atoms. The van der Waals surface area contributed by atoms with Gasteiger partial charge in [0.05, 0.1) is 12.3 Å². The molecule has 0 aromatic carbocycles. The molecule has 5 heteroatoms. The van der Waals surface area contributed by atoms with Gasteiger partial charge in [-0.25, -0.2) is 0 Å². The van der Waals surface area contributed by atoms with Crippen LogP contribution in [0.3, 0.4) is 0 Å². The van der Waals surface area contributed by atoms with E-state index in [1.54, 1.807) is 6.07 Å². The molecule has 0 bridgehead atoms. The minimum absolute atomic E-state index is 0.144. The number of aliphatic hydroxyl groups is 1. The number of rotatable bonds is 8. The van der Waals surface area contributed by atoms with Gasteiger partial charge in [0, 0.05) is 12.1 Å². The fraction of sp³-hybridized carbons (Fsp3) is 0.643. The SMILES string of the molecule is CCCOc1nc(NC(C)(CC)CCO)ccc1N. The molecular weight excluding hydrogens is 242 g/mol. The number of aliphatic hydroxyl groups excluding tert-OH is 1. The summed E-state index contributed by atoms with van der Waals surface area (Å²) in [6.45, 7) is 6.92. The molecule has 1 atom stereocenters. The van der Waals surface area contributed by atoms with Gasteiger partial charge in [-0.3, -0.25) is 0 Å². The second-order valence-corrected chi connectivity index (χ2v) is 4.95. The molecule has 4 N–H and O–H groups in total. The molecule has 0 fully saturated rings. The molecule has 0 saturated carbocycles. The zero-order valence-corrected chi connectivity index (χ0v) is 12.1. The molecule has 1 rings (SSSR count). The summed E-state index contributed by atoms with van der Waals surface area (Å²) in [6.07, 6.45) is 2.47. The summed E-state index contributed by atoms with van der Waals surface area (Å²) in [5.74, 6) is 1.19. The number of aromatic nitrogens is 1. The van der Waals surface area contributed by atoms with Crippen molar-refractivity contribution in [1.82, 2.24) is 4.98 Å². The van der Waals surface area contributed by atoms with E-state index in [1.165, 1.54) is 0 Å². The van der Waals surface area contributed by atoms with Crippen molar-refractivity contribution in [1.29, 1.82) is 0 Å². The maximum Gasteiger partial charge on any atom is 0.239 e. The number of nitrogens with two attached hydrogens (primary N) is 1. The highest BCUT2D eigenvalue weighted by molar-refractivity contribution is 5.54. The Morgan fingerprint density at radius 1 is 1.42 bits per heavy atom. The van der Waals surface area contributed by atoms with Crippen LogP contribution in [-0.4, -0.2) is 28.8 Å². The number of ether oxygens (including phenoxy) is 1. The predicted octanol–water partition coefficient (Wildman–Crippen LogP) is 2.42. The van der Waals surface area contributed by atoms with E-state index in [0.29, 0.717) is 24.6 Å². The third-order valence-electron chi connectivity index (χ3n) is 3.21. The van der Waals surface area contributed by atoms with Crippen molar-refractivity contribution in [3.05, 3.63) is 12.1 Å². The first-order valence-electron chi connectivity index (χ1n) is 6.83. The lowest BCUT2D eigenvalue weighted by Crippen LogP contribution is -2.35. The van der Waals surface area contributed by atoms with Crippen LogP contribution in [0.4, 0.5) is 11.5 Å². The molecule has 19 heavy (non-hydrogen) atoms. The van der Waals surface area contributed by atoms with Crippen LogP contribution in [0.15, 0.2) is 12.1 Å². The summed E-state index contributed by atoms with van der Waals surface area (Å²) in [6, 6.07) is 3.62. The van der Waals surface area contributed by atoms with Crippen molar-refractivity contribution < 1.29 is 9.84 Å². The average Bonchev–Trinajstić information content (AvgIpc) is 2.39. The van der Waals surface area contributed by atoms with Gasteiger partial charge in [0.2, 0.25) is 5.88 Å². The minimum atomic E-state index is -0.181. The molecule has 1 unspecified atom stereocenters. The topological polar surface area (TPSA) is 80.4 Å². The van der Waals surface area contributed by atoms with E-state index < -0.39 is 0 Å². The van der Waals surface area contributed by atoms with E-state index >= 15 is 0 Å². The van der Waals surface area contributed by atoms with E-state index in [1.807, 2.05) is 13.0 Å². The summed E-state index contributed by atoms with van der Waals surface area (Å²) < 4.78 is 5.51.